The highest BCUT2D eigenvalue weighted by atomic mass is 32.1. The summed E-state index contributed by atoms with van der Waals surface area (Å²) in [5.74, 6) is -0.0524. The molecule has 0 bridgehead atoms. The van der Waals surface area contributed by atoms with E-state index in [2.05, 4.69) is 4.98 Å². The third-order valence-corrected chi connectivity index (χ3v) is 3.65. The van der Waals surface area contributed by atoms with E-state index < -0.39 is 0 Å². The Morgan fingerprint density at radius 1 is 1.37 bits per heavy atom. The van der Waals surface area contributed by atoms with Crippen LogP contribution in [0.2, 0.25) is 0 Å². The van der Waals surface area contributed by atoms with Crippen LogP contribution in [0.15, 0.2) is 35.7 Å². The molecule has 1 amide bonds. The van der Waals surface area contributed by atoms with Gasteiger partial charge in [0.25, 0.3) is 5.91 Å². The van der Waals surface area contributed by atoms with Crippen molar-refractivity contribution in [2.45, 2.75) is 13.0 Å². The molecule has 2 N–H and O–H groups in total. The van der Waals surface area contributed by atoms with Gasteiger partial charge in [0.15, 0.2) is 0 Å². The van der Waals surface area contributed by atoms with Crippen molar-refractivity contribution >= 4 is 17.2 Å². The molecule has 5 heteroatoms. The molecule has 0 unspecified atom stereocenters. The average molecular weight is 275 g/mol. The first-order valence-corrected chi connectivity index (χ1v) is 7.02. The number of rotatable bonds is 5. The van der Waals surface area contributed by atoms with E-state index in [-0.39, 0.29) is 5.91 Å². The smallest absolute Gasteiger partial charge is 0.273 e. The fourth-order valence-electron chi connectivity index (χ4n) is 1.77. The normalized spacial score (nSPS) is 10.4. The highest BCUT2D eigenvalue weighted by Gasteiger charge is 2.15. The molecule has 0 saturated carbocycles. The zero-order valence-electron chi connectivity index (χ0n) is 10.9. The number of carbonyl (C=O) groups is 1. The molecule has 1 aromatic carbocycles. The van der Waals surface area contributed by atoms with Crippen molar-refractivity contribution < 1.29 is 4.79 Å². The molecule has 0 atom stereocenters. The maximum Gasteiger partial charge on any atom is 0.273 e. The first-order chi connectivity index (χ1) is 9.20. The standard InChI is InChI=1S/C14H17N3OS/c1-17(9-11-5-3-2-4-6-11)14(18)12-10-19-13(16-12)7-8-15/h2-6,10H,7-9,15H2,1H3. The summed E-state index contributed by atoms with van der Waals surface area (Å²) < 4.78 is 0. The lowest BCUT2D eigenvalue weighted by molar-refractivity contribution is 0.0780. The van der Waals surface area contributed by atoms with Crippen molar-refractivity contribution in [2.24, 2.45) is 5.73 Å². The molecular weight excluding hydrogens is 258 g/mol. The Labute approximate surface area is 116 Å². The molecule has 19 heavy (non-hydrogen) atoms. The fourth-order valence-corrected chi connectivity index (χ4v) is 2.56. The molecule has 0 spiro atoms. The predicted molar refractivity (Wildman–Crippen MR) is 77.1 cm³/mol. The molecule has 1 heterocycles. The lowest BCUT2D eigenvalue weighted by Crippen LogP contribution is -2.26. The summed E-state index contributed by atoms with van der Waals surface area (Å²) in [7, 11) is 1.79. The zero-order valence-corrected chi connectivity index (χ0v) is 11.7. The first kappa shape index (κ1) is 13.7. The van der Waals surface area contributed by atoms with Gasteiger partial charge in [-0.15, -0.1) is 11.3 Å². The number of nitrogens with two attached hydrogens (primary N) is 1. The van der Waals surface area contributed by atoms with Crippen molar-refractivity contribution in [3.63, 3.8) is 0 Å². The van der Waals surface area contributed by atoms with Gasteiger partial charge in [0.2, 0.25) is 0 Å². The van der Waals surface area contributed by atoms with Gasteiger partial charge in [-0.2, -0.15) is 0 Å². The van der Waals surface area contributed by atoms with Gasteiger partial charge in [-0.05, 0) is 12.1 Å². The highest BCUT2D eigenvalue weighted by Crippen LogP contribution is 2.13. The van der Waals surface area contributed by atoms with E-state index in [1.165, 1.54) is 11.3 Å². The summed E-state index contributed by atoms with van der Waals surface area (Å²) in [5, 5.41) is 2.72. The second-order valence-electron chi connectivity index (χ2n) is 4.31. The Morgan fingerprint density at radius 2 is 2.11 bits per heavy atom. The summed E-state index contributed by atoms with van der Waals surface area (Å²) in [6.07, 6.45) is 0.723. The molecule has 0 saturated heterocycles. The maximum atomic E-state index is 12.2. The Bertz CT molecular complexity index is 539. The van der Waals surface area contributed by atoms with E-state index in [1.807, 2.05) is 30.3 Å². The van der Waals surface area contributed by atoms with Gasteiger partial charge in [0, 0.05) is 25.4 Å². The predicted octanol–water partition coefficient (Wildman–Crippen LogP) is 1.92. The van der Waals surface area contributed by atoms with Crippen LogP contribution in [-0.2, 0) is 13.0 Å². The largest absolute Gasteiger partial charge is 0.336 e. The van der Waals surface area contributed by atoms with Crippen LogP contribution < -0.4 is 5.73 Å². The highest BCUT2D eigenvalue weighted by molar-refractivity contribution is 7.09. The SMILES string of the molecule is CN(Cc1ccccc1)C(=O)c1csc(CCN)n1. The van der Waals surface area contributed by atoms with E-state index in [9.17, 15) is 4.79 Å². The fraction of sp³-hybridized carbons (Fsp3) is 0.286. The van der Waals surface area contributed by atoms with Crippen molar-refractivity contribution in [3.8, 4) is 0 Å². The van der Waals surface area contributed by atoms with Crippen molar-refractivity contribution in [1.29, 1.82) is 0 Å². The molecule has 0 aliphatic heterocycles. The topological polar surface area (TPSA) is 59.2 Å². The molecule has 0 aliphatic rings. The molecule has 1 aromatic heterocycles. The Hall–Kier alpha value is -1.72. The average Bonchev–Trinajstić information content (AvgIpc) is 2.88. The lowest BCUT2D eigenvalue weighted by atomic mass is 10.2. The summed E-state index contributed by atoms with van der Waals surface area (Å²) in [5.41, 5.74) is 7.09. The molecule has 2 rings (SSSR count). The third-order valence-electron chi connectivity index (χ3n) is 2.74. The van der Waals surface area contributed by atoms with E-state index in [0.29, 0.717) is 18.8 Å². The minimum atomic E-state index is -0.0524. The van der Waals surface area contributed by atoms with Gasteiger partial charge < -0.3 is 10.6 Å². The first-order valence-electron chi connectivity index (χ1n) is 6.14. The van der Waals surface area contributed by atoms with E-state index in [1.54, 1.807) is 17.3 Å². The van der Waals surface area contributed by atoms with Gasteiger partial charge in [-0.3, -0.25) is 4.79 Å². The number of aromatic nitrogens is 1. The number of hydrogen-bond donors (Lipinski definition) is 1. The summed E-state index contributed by atoms with van der Waals surface area (Å²) >= 11 is 1.49. The summed E-state index contributed by atoms with van der Waals surface area (Å²) in [6, 6.07) is 9.91. The van der Waals surface area contributed by atoms with Gasteiger partial charge in [-0.25, -0.2) is 4.98 Å². The Morgan fingerprint density at radius 3 is 2.79 bits per heavy atom. The lowest BCUT2D eigenvalue weighted by Gasteiger charge is -2.15. The quantitative estimate of drug-likeness (QED) is 0.907. The molecule has 100 valence electrons. The minimum Gasteiger partial charge on any atom is -0.336 e. The Balaban J connectivity index is 2.02. The molecule has 0 radical (unpaired) electrons. The zero-order chi connectivity index (χ0) is 13.7. The van der Waals surface area contributed by atoms with E-state index >= 15 is 0 Å². The number of benzene rings is 1. The van der Waals surface area contributed by atoms with E-state index in [4.69, 9.17) is 5.73 Å². The van der Waals surface area contributed by atoms with Crippen LogP contribution in [0.25, 0.3) is 0 Å². The van der Waals surface area contributed by atoms with Gasteiger partial charge in [-0.1, -0.05) is 30.3 Å². The van der Waals surface area contributed by atoms with Crippen LogP contribution in [0.3, 0.4) is 0 Å². The van der Waals surface area contributed by atoms with Crippen molar-refractivity contribution in [2.75, 3.05) is 13.6 Å². The monoisotopic (exact) mass is 275 g/mol. The van der Waals surface area contributed by atoms with Crippen LogP contribution in [0.5, 0.6) is 0 Å². The van der Waals surface area contributed by atoms with Crippen LogP contribution in [-0.4, -0.2) is 29.4 Å². The van der Waals surface area contributed by atoms with Crippen LogP contribution in [0.4, 0.5) is 0 Å². The van der Waals surface area contributed by atoms with Crippen molar-refractivity contribution in [1.82, 2.24) is 9.88 Å². The number of nitrogens with zero attached hydrogens (tertiary/aromatic N) is 2. The Kier molecular flexibility index (Phi) is 4.65. The molecule has 2 aromatic rings. The van der Waals surface area contributed by atoms with Crippen molar-refractivity contribution in [3.05, 3.63) is 52.0 Å². The molecular formula is C14H17N3OS. The van der Waals surface area contributed by atoms with Gasteiger partial charge >= 0.3 is 0 Å². The van der Waals surface area contributed by atoms with Gasteiger partial charge in [0.05, 0.1) is 5.01 Å². The van der Waals surface area contributed by atoms with E-state index in [0.717, 1.165) is 17.0 Å². The second-order valence-corrected chi connectivity index (χ2v) is 5.25. The number of thiazole rings is 1. The number of amides is 1. The van der Waals surface area contributed by atoms with Crippen LogP contribution >= 0.6 is 11.3 Å². The number of hydrogen-bond acceptors (Lipinski definition) is 4. The van der Waals surface area contributed by atoms with Crippen LogP contribution in [0, 0.1) is 0 Å². The summed E-state index contributed by atoms with van der Waals surface area (Å²) in [4.78, 5) is 18.2. The van der Waals surface area contributed by atoms with Crippen LogP contribution in [0.1, 0.15) is 21.1 Å². The maximum absolute atomic E-state index is 12.2. The molecule has 0 aliphatic carbocycles. The molecule has 0 fully saturated rings. The summed E-state index contributed by atoms with van der Waals surface area (Å²) in [6.45, 7) is 1.14. The third kappa shape index (κ3) is 3.62. The second kappa shape index (κ2) is 6.45. The minimum absolute atomic E-state index is 0.0524. The molecule has 4 nitrogen and oxygen atoms in total. The van der Waals surface area contributed by atoms with Gasteiger partial charge in [0.1, 0.15) is 5.69 Å². The number of carbonyl (C=O) groups excluding carboxylic acids is 1.